The molecule has 0 aliphatic carbocycles. The maximum absolute atomic E-state index is 15.1. The van der Waals surface area contributed by atoms with Gasteiger partial charge in [0.05, 0.1) is 10.3 Å². The minimum Gasteiger partial charge on any atom is -0.386 e. The first-order chi connectivity index (χ1) is 14.9. The van der Waals surface area contributed by atoms with Crippen LogP contribution in [0.4, 0.5) is 10.1 Å². The number of rotatable bonds is 3. The van der Waals surface area contributed by atoms with Crippen LogP contribution >= 0.6 is 22.2 Å². The van der Waals surface area contributed by atoms with E-state index >= 15 is 4.39 Å². The number of hydrogen-bond acceptors (Lipinski definition) is 6. The smallest absolute Gasteiger partial charge is 0.274 e. The second-order valence-corrected chi connectivity index (χ2v) is 11.9. The predicted molar refractivity (Wildman–Crippen MR) is 126 cm³/mol. The van der Waals surface area contributed by atoms with E-state index < -0.39 is 37.9 Å². The van der Waals surface area contributed by atoms with Crippen molar-refractivity contribution in [3.63, 3.8) is 0 Å². The van der Waals surface area contributed by atoms with E-state index in [4.69, 9.17) is 17.3 Å². The number of fused-ring (bicyclic) bond motifs is 2. The van der Waals surface area contributed by atoms with E-state index in [-0.39, 0.29) is 17.1 Å². The number of carbonyl (C=O) groups is 1. The third-order valence-electron chi connectivity index (χ3n) is 6.73. The van der Waals surface area contributed by atoms with Crippen LogP contribution in [0.15, 0.2) is 35.5 Å². The van der Waals surface area contributed by atoms with Gasteiger partial charge in [0, 0.05) is 17.4 Å². The van der Waals surface area contributed by atoms with E-state index in [1.54, 1.807) is 26.8 Å². The normalized spacial score (nSPS) is 29.7. The molecule has 172 valence electrons. The van der Waals surface area contributed by atoms with Crippen LogP contribution < -0.4 is 11.1 Å². The van der Waals surface area contributed by atoms with Gasteiger partial charge in [-0.2, -0.15) is 10.6 Å². The summed E-state index contributed by atoms with van der Waals surface area (Å²) in [6.07, 6.45) is 3.10. The number of amides is 1. The lowest BCUT2D eigenvalue weighted by atomic mass is 9.82. The van der Waals surface area contributed by atoms with Crippen molar-refractivity contribution in [1.82, 2.24) is 4.98 Å². The summed E-state index contributed by atoms with van der Waals surface area (Å²) in [5.41, 5.74) is 6.21. The molecule has 2 aliphatic heterocycles. The van der Waals surface area contributed by atoms with Gasteiger partial charge in [-0.3, -0.25) is 18.9 Å². The number of aliphatic imine (C=N–C) groups is 1. The number of pyridine rings is 1. The van der Waals surface area contributed by atoms with E-state index in [1.165, 1.54) is 24.4 Å². The zero-order chi connectivity index (χ0) is 23.5. The van der Waals surface area contributed by atoms with Gasteiger partial charge in [-0.05, 0) is 69.9 Å². The molecular weight excluding hydrogens is 455 g/mol. The van der Waals surface area contributed by atoms with Gasteiger partial charge >= 0.3 is 0 Å². The molecule has 1 fully saturated rings. The first-order valence-electron chi connectivity index (χ1n) is 10.3. The van der Waals surface area contributed by atoms with Crippen LogP contribution in [-0.4, -0.2) is 35.8 Å². The number of hydrogen-bond donors (Lipinski definition) is 4. The average molecular weight is 481 g/mol. The third-order valence-corrected chi connectivity index (χ3v) is 10.2. The van der Waals surface area contributed by atoms with E-state index in [0.29, 0.717) is 29.1 Å². The van der Waals surface area contributed by atoms with Crippen molar-refractivity contribution in [3.05, 3.63) is 58.1 Å². The SMILES string of the molecule is Cc1cc(Cl)cnc1C(=O)Nc1ccc(F)c([C@@]2(C)N=C(N)[C@]3(C)CCC[C@H]2S3(O)O)c1. The fourth-order valence-corrected chi connectivity index (χ4v) is 7.72. The highest BCUT2D eigenvalue weighted by Crippen LogP contribution is 2.69. The summed E-state index contributed by atoms with van der Waals surface area (Å²) in [4.78, 5) is 21.4. The van der Waals surface area contributed by atoms with E-state index in [1.807, 2.05) is 0 Å². The molecule has 10 heteroatoms. The molecule has 1 aromatic carbocycles. The Bertz CT molecular complexity index is 1140. The molecule has 0 saturated carbocycles. The Kier molecular flexibility index (Phi) is 5.52. The molecule has 3 heterocycles. The molecule has 1 saturated heterocycles. The maximum atomic E-state index is 15.1. The molecule has 0 radical (unpaired) electrons. The van der Waals surface area contributed by atoms with Crippen molar-refractivity contribution in [2.75, 3.05) is 5.32 Å². The van der Waals surface area contributed by atoms with Crippen LogP contribution in [0.25, 0.3) is 0 Å². The number of amidine groups is 1. The lowest BCUT2D eigenvalue weighted by Gasteiger charge is -2.62. The molecule has 1 aromatic heterocycles. The van der Waals surface area contributed by atoms with Gasteiger partial charge in [0.25, 0.3) is 5.91 Å². The van der Waals surface area contributed by atoms with Gasteiger partial charge in [0.1, 0.15) is 27.6 Å². The Balaban J connectivity index is 1.74. The second kappa shape index (κ2) is 7.69. The lowest BCUT2D eigenvalue weighted by molar-refractivity contribution is 0.102. The number of nitrogens with zero attached hydrogens (tertiary/aromatic N) is 2. The molecular formula is C22H26ClFN4O3S. The van der Waals surface area contributed by atoms with Crippen LogP contribution in [0, 0.1) is 12.7 Å². The fourth-order valence-electron chi connectivity index (χ4n) is 4.77. The van der Waals surface area contributed by atoms with Gasteiger partial charge in [-0.1, -0.05) is 11.6 Å². The second-order valence-electron chi connectivity index (χ2n) is 8.82. The molecule has 0 spiro atoms. The zero-order valence-electron chi connectivity index (χ0n) is 18.0. The number of nitrogens with one attached hydrogen (secondary N) is 1. The number of aryl methyl sites for hydroxylation is 1. The van der Waals surface area contributed by atoms with Crippen LogP contribution in [0.3, 0.4) is 0 Å². The number of halogens is 2. The standard InChI is InChI=1S/C22H26ClFN4O3S/c1-12-9-13(23)11-26-18(12)19(29)27-14-6-7-16(24)15(10-14)22(3)17-5-4-8-21(2,20(25)28-22)32(17,30)31/h6-7,9-11,17,30-31H,4-5,8H2,1-3H3,(H2,25,28)(H,27,29)/t17-,21+,22-/m1/s1. The molecule has 3 atom stereocenters. The number of nitrogens with two attached hydrogens (primary N) is 1. The molecule has 2 aliphatic rings. The van der Waals surface area contributed by atoms with Crippen molar-refractivity contribution >= 4 is 39.6 Å². The maximum Gasteiger partial charge on any atom is 0.274 e. The van der Waals surface area contributed by atoms with Gasteiger partial charge in [-0.25, -0.2) is 9.37 Å². The number of benzene rings is 1. The Morgan fingerprint density at radius 3 is 2.75 bits per heavy atom. The van der Waals surface area contributed by atoms with Gasteiger partial charge in [-0.15, -0.1) is 0 Å². The van der Waals surface area contributed by atoms with E-state index in [9.17, 15) is 13.9 Å². The largest absolute Gasteiger partial charge is 0.386 e. The number of aromatic nitrogens is 1. The number of carbonyl (C=O) groups excluding carboxylic acids is 1. The van der Waals surface area contributed by atoms with Crippen molar-refractivity contribution in [3.8, 4) is 0 Å². The van der Waals surface area contributed by atoms with Crippen LogP contribution in [-0.2, 0) is 5.54 Å². The lowest BCUT2D eigenvalue weighted by Crippen LogP contribution is -2.60. The average Bonchev–Trinajstić information content (AvgIpc) is 2.70. The minimum absolute atomic E-state index is 0.116. The summed E-state index contributed by atoms with van der Waals surface area (Å²) in [7, 11) is -3.21. The quantitative estimate of drug-likeness (QED) is 0.488. The molecule has 32 heavy (non-hydrogen) atoms. The minimum atomic E-state index is -3.21. The molecule has 5 N–H and O–H groups in total. The third kappa shape index (κ3) is 3.39. The summed E-state index contributed by atoms with van der Waals surface area (Å²) in [5, 5.41) is 2.45. The predicted octanol–water partition coefficient (Wildman–Crippen LogP) is 5.08. The molecule has 2 bridgehead atoms. The highest BCUT2D eigenvalue weighted by molar-refractivity contribution is 8.26. The van der Waals surface area contributed by atoms with E-state index in [2.05, 4.69) is 15.3 Å². The highest BCUT2D eigenvalue weighted by atomic mass is 35.5. The van der Waals surface area contributed by atoms with Gasteiger partial charge < -0.3 is 11.1 Å². The fraction of sp³-hybridized carbons (Fsp3) is 0.409. The van der Waals surface area contributed by atoms with Crippen LogP contribution in [0.5, 0.6) is 0 Å². The molecule has 4 rings (SSSR count). The summed E-state index contributed by atoms with van der Waals surface area (Å²) < 4.78 is 36.4. The van der Waals surface area contributed by atoms with Gasteiger partial charge in [0.15, 0.2) is 0 Å². The summed E-state index contributed by atoms with van der Waals surface area (Å²) in [5.74, 6) is -0.916. The first kappa shape index (κ1) is 23.0. The van der Waals surface area contributed by atoms with Crippen molar-refractivity contribution in [2.45, 2.75) is 55.6 Å². The Hall–Kier alpha value is -2.20. The summed E-state index contributed by atoms with van der Waals surface area (Å²) in [6, 6.07) is 5.77. The van der Waals surface area contributed by atoms with Crippen molar-refractivity contribution in [2.24, 2.45) is 10.7 Å². The van der Waals surface area contributed by atoms with Crippen molar-refractivity contribution < 1.29 is 18.3 Å². The molecule has 0 unspecified atom stereocenters. The zero-order valence-corrected chi connectivity index (χ0v) is 19.6. The van der Waals surface area contributed by atoms with E-state index in [0.717, 1.165) is 6.42 Å². The molecule has 1 amide bonds. The van der Waals surface area contributed by atoms with Crippen molar-refractivity contribution in [1.29, 1.82) is 0 Å². The number of anilines is 1. The Labute approximate surface area is 192 Å². The summed E-state index contributed by atoms with van der Waals surface area (Å²) >= 11 is 5.91. The van der Waals surface area contributed by atoms with Gasteiger partial charge in [0.2, 0.25) is 0 Å². The molecule has 7 nitrogen and oxygen atoms in total. The first-order valence-corrected chi connectivity index (χ1v) is 12.2. The monoisotopic (exact) mass is 480 g/mol. The Morgan fingerprint density at radius 2 is 2.06 bits per heavy atom. The topological polar surface area (TPSA) is 121 Å². The van der Waals surface area contributed by atoms with Crippen LogP contribution in [0.1, 0.15) is 54.7 Å². The summed E-state index contributed by atoms with van der Waals surface area (Å²) in [6.45, 7) is 5.09. The molecule has 2 aromatic rings. The highest BCUT2D eigenvalue weighted by Gasteiger charge is 2.60. The van der Waals surface area contributed by atoms with Crippen LogP contribution in [0.2, 0.25) is 5.02 Å². The Morgan fingerprint density at radius 1 is 1.34 bits per heavy atom.